The molecule has 0 unspecified atom stereocenters. The summed E-state index contributed by atoms with van der Waals surface area (Å²) in [6.07, 6.45) is 6.57. The van der Waals surface area contributed by atoms with E-state index in [1.807, 2.05) is 17.0 Å². The molecule has 0 bridgehead atoms. The summed E-state index contributed by atoms with van der Waals surface area (Å²) < 4.78 is 7.51. The van der Waals surface area contributed by atoms with Gasteiger partial charge in [-0.15, -0.1) is 10.2 Å². The number of carbonyl (C=O) groups excluding carboxylic acids is 1. The van der Waals surface area contributed by atoms with Crippen LogP contribution < -0.4 is 0 Å². The quantitative estimate of drug-likeness (QED) is 0.805. The van der Waals surface area contributed by atoms with E-state index in [2.05, 4.69) is 29.0 Å². The third-order valence-corrected chi connectivity index (χ3v) is 4.37. The highest BCUT2D eigenvalue weighted by Gasteiger charge is 2.25. The van der Waals surface area contributed by atoms with Crippen LogP contribution in [0.4, 0.5) is 0 Å². The van der Waals surface area contributed by atoms with E-state index < -0.39 is 0 Å². The normalized spacial score (nSPS) is 17.9. The number of hydrogen-bond donors (Lipinski definition) is 0. The number of amides is 1. The molecule has 0 radical (unpaired) electrons. The number of ether oxygens (including phenoxy) is 1. The Balaban J connectivity index is 1.63. The second-order valence-corrected chi connectivity index (χ2v) is 6.82. The molecule has 0 N–H and O–H groups in total. The number of rotatable bonds is 6. The third-order valence-electron chi connectivity index (χ3n) is 4.37. The monoisotopic (exact) mass is 343 g/mol. The van der Waals surface area contributed by atoms with Crippen molar-refractivity contribution in [3.05, 3.63) is 36.5 Å². The van der Waals surface area contributed by atoms with Crippen molar-refractivity contribution in [3.8, 4) is 5.82 Å². The number of nitrogens with zero attached hydrogens (tertiary/aromatic N) is 5. The summed E-state index contributed by atoms with van der Waals surface area (Å²) >= 11 is 0. The molecule has 0 spiro atoms. The van der Waals surface area contributed by atoms with Gasteiger partial charge in [-0.2, -0.15) is 0 Å². The highest BCUT2D eigenvalue weighted by atomic mass is 16.5. The first kappa shape index (κ1) is 17.5. The van der Waals surface area contributed by atoms with Crippen molar-refractivity contribution in [1.82, 2.24) is 24.6 Å². The molecule has 1 fully saturated rings. The van der Waals surface area contributed by atoms with Crippen LogP contribution in [0.25, 0.3) is 5.82 Å². The van der Waals surface area contributed by atoms with Crippen molar-refractivity contribution in [2.24, 2.45) is 5.92 Å². The van der Waals surface area contributed by atoms with Gasteiger partial charge < -0.3 is 9.64 Å². The van der Waals surface area contributed by atoms with E-state index in [9.17, 15) is 4.79 Å². The fourth-order valence-electron chi connectivity index (χ4n) is 3.00. The summed E-state index contributed by atoms with van der Waals surface area (Å²) in [5.41, 5.74) is 0.439. The van der Waals surface area contributed by atoms with Crippen LogP contribution in [0.1, 0.15) is 43.6 Å². The Hall–Kier alpha value is -2.28. The standard InChI is InChI=1S/C18H25N5O2/c1-14(2)5-3-6-15-11-22(9-10-25-15)18(24)16-7-4-8-17(21-16)23-12-19-20-13-23/h4,7-8,12-15H,3,5-6,9-11H2,1-2H3/t15-/m1/s1. The van der Waals surface area contributed by atoms with Gasteiger partial charge in [0.15, 0.2) is 0 Å². The Morgan fingerprint density at radius 3 is 2.88 bits per heavy atom. The van der Waals surface area contributed by atoms with Gasteiger partial charge in [-0.3, -0.25) is 9.36 Å². The van der Waals surface area contributed by atoms with Crippen LogP contribution in [0.2, 0.25) is 0 Å². The molecule has 1 aliphatic heterocycles. The molecule has 1 atom stereocenters. The summed E-state index contributed by atoms with van der Waals surface area (Å²) in [5, 5.41) is 7.55. The molecule has 25 heavy (non-hydrogen) atoms. The second kappa shape index (κ2) is 8.20. The molecule has 7 nitrogen and oxygen atoms in total. The molecule has 3 heterocycles. The molecule has 1 saturated heterocycles. The highest BCUT2D eigenvalue weighted by Crippen LogP contribution is 2.16. The van der Waals surface area contributed by atoms with Crippen LogP contribution in [0, 0.1) is 5.92 Å². The minimum Gasteiger partial charge on any atom is -0.375 e. The van der Waals surface area contributed by atoms with Gasteiger partial charge in [0.2, 0.25) is 0 Å². The van der Waals surface area contributed by atoms with Gasteiger partial charge in [0, 0.05) is 13.1 Å². The van der Waals surface area contributed by atoms with Crippen molar-refractivity contribution in [2.75, 3.05) is 19.7 Å². The molecule has 0 aliphatic carbocycles. The number of aromatic nitrogens is 4. The summed E-state index contributed by atoms with van der Waals surface area (Å²) in [5.74, 6) is 1.29. The molecule has 134 valence electrons. The Bertz CT molecular complexity index is 687. The van der Waals surface area contributed by atoms with Crippen LogP contribution >= 0.6 is 0 Å². The molecular formula is C18H25N5O2. The van der Waals surface area contributed by atoms with Crippen LogP contribution in [-0.4, -0.2) is 56.4 Å². The van der Waals surface area contributed by atoms with E-state index >= 15 is 0 Å². The van der Waals surface area contributed by atoms with Gasteiger partial charge in [-0.1, -0.05) is 32.8 Å². The topological polar surface area (TPSA) is 73.1 Å². The molecule has 7 heteroatoms. The summed E-state index contributed by atoms with van der Waals surface area (Å²) in [6.45, 7) is 6.29. The molecule has 2 aromatic rings. The maximum Gasteiger partial charge on any atom is 0.272 e. The molecule has 3 rings (SSSR count). The second-order valence-electron chi connectivity index (χ2n) is 6.82. The maximum absolute atomic E-state index is 12.8. The lowest BCUT2D eigenvalue weighted by Crippen LogP contribution is -2.45. The van der Waals surface area contributed by atoms with Crippen LogP contribution in [0.15, 0.2) is 30.9 Å². The largest absolute Gasteiger partial charge is 0.375 e. The maximum atomic E-state index is 12.8. The zero-order valence-corrected chi connectivity index (χ0v) is 14.8. The van der Waals surface area contributed by atoms with E-state index in [1.54, 1.807) is 23.3 Å². The summed E-state index contributed by atoms with van der Waals surface area (Å²) in [4.78, 5) is 19.1. The average Bonchev–Trinajstić information content (AvgIpc) is 3.16. The lowest BCUT2D eigenvalue weighted by atomic mass is 10.0. The first-order valence-electron chi connectivity index (χ1n) is 8.86. The summed E-state index contributed by atoms with van der Waals surface area (Å²) in [7, 11) is 0. The van der Waals surface area contributed by atoms with Crippen molar-refractivity contribution in [1.29, 1.82) is 0 Å². The number of hydrogen-bond acceptors (Lipinski definition) is 5. The highest BCUT2D eigenvalue weighted by molar-refractivity contribution is 5.92. The number of carbonyl (C=O) groups is 1. The number of pyridine rings is 1. The van der Waals surface area contributed by atoms with Gasteiger partial charge in [0.1, 0.15) is 24.2 Å². The summed E-state index contributed by atoms with van der Waals surface area (Å²) in [6, 6.07) is 5.41. The van der Waals surface area contributed by atoms with Gasteiger partial charge in [-0.05, 0) is 24.5 Å². The van der Waals surface area contributed by atoms with Crippen molar-refractivity contribution in [3.63, 3.8) is 0 Å². The molecule has 1 aliphatic rings. The van der Waals surface area contributed by atoms with Gasteiger partial charge in [0.05, 0.1) is 12.7 Å². The van der Waals surface area contributed by atoms with Gasteiger partial charge in [0.25, 0.3) is 5.91 Å². The van der Waals surface area contributed by atoms with Crippen molar-refractivity contribution in [2.45, 2.75) is 39.2 Å². The molecule has 0 aromatic carbocycles. The first-order chi connectivity index (χ1) is 12.1. The zero-order chi connectivity index (χ0) is 17.6. The SMILES string of the molecule is CC(C)CCC[C@@H]1CN(C(=O)c2cccc(-n3cnnc3)n2)CCO1. The predicted molar refractivity (Wildman–Crippen MR) is 93.5 cm³/mol. The van der Waals surface area contributed by atoms with Gasteiger partial charge >= 0.3 is 0 Å². The Morgan fingerprint density at radius 2 is 2.12 bits per heavy atom. The van der Waals surface area contributed by atoms with E-state index in [4.69, 9.17) is 4.74 Å². The zero-order valence-electron chi connectivity index (χ0n) is 14.8. The van der Waals surface area contributed by atoms with E-state index in [-0.39, 0.29) is 12.0 Å². The minimum atomic E-state index is -0.0490. The lowest BCUT2D eigenvalue weighted by Gasteiger charge is -2.33. The number of morpholine rings is 1. The minimum absolute atomic E-state index is 0.0490. The molecular weight excluding hydrogens is 318 g/mol. The van der Waals surface area contributed by atoms with Crippen molar-refractivity contribution < 1.29 is 9.53 Å². The third kappa shape index (κ3) is 4.63. The van der Waals surface area contributed by atoms with Gasteiger partial charge in [-0.25, -0.2) is 4.98 Å². The van der Waals surface area contributed by atoms with Crippen molar-refractivity contribution >= 4 is 5.91 Å². The first-order valence-corrected chi connectivity index (χ1v) is 8.86. The molecule has 2 aromatic heterocycles. The lowest BCUT2D eigenvalue weighted by molar-refractivity contribution is -0.0262. The molecule has 0 saturated carbocycles. The van der Waals surface area contributed by atoms with E-state index in [0.29, 0.717) is 37.1 Å². The smallest absolute Gasteiger partial charge is 0.272 e. The Morgan fingerprint density at radius 1 is 1.32 bits per heavy atom. The molecule has 1 amide bonds. The predicted octanol–water partition coefficient (Wildman–Crippen LogP) is 2.33. The van der Waals surface area contributed by atoms with Crippen LogP contribution in [0.3, 0.4) is 0 Å². The Labute approximate surface area is 148 Å². The van der Waals surface area contributed by atoms with Crippen LogP contribution in [-0.2, 0) is 4.74 Å². The Kier molecular flexibility index (Phi) is 5.75. The average molecular weight is 343 g/mol. The fraction of sp³-hybridized carbons (Fsp3) is 0.556. The van der Waals surface area contributed by atoms with E-state index in [1.165, 1.54) is 6.42 Å². The van der Waals surface area contributed by atoms with Crippen LogP contribution in [0.5, 0.6) is 0 Å². The van der Waals surface area contributed by atoms with E-state index in [0.717, 1.165) is 12.8 Å². The fourth-order valence-corrected chi connectivity index (χ4v) is 3.00.